The Kier molecular flexibility index (Phi) is 8.25. The summed E-state index contributed by atoms with van der Waals surface area (Å²) in [5.74, 6) is 0.442. The Morgan fingerprint density at radius 3 is 2.72 bits per heavy atom. The highest BCUT2D eigenvalue weighted by atomic mass is 19.1. The van der Waals surface area contributed by atoms with Gasteiger partial charge in [0.1, 0.15) is 11.9 Å². The lowest BCUT2D eigenvalue weighted by Gasteiger charge is -2.37. The van der Waals surface area contributed by atoms with Crippen molar-refractivity contribution in [2.45, 2.75) is 38.4 Å². The van der Waals surface area contributed by atoms with Crippen molar-refractivity contribution < 1.29 is 18.7 Å². The lowest BCUT2D eigenvalue weighted by Crippen LogP contribution is -2.53. The molecule has 0 spiro atoms. The van der Waals surface area contributed by atoms with E-state index in [1.54, 1.807) is 12.1 Å². The standard InChI is InChI=1S/C21H31FN4O3/c1-2-23-21(26-11-13-29-19(15-26)18-4-3-12-28-18)25-10-9-24-20(27)14-16-5-7-17(22)8-6-16/h5-8,18-19H,2-4,9-15H2,1H3,(H,23,25)(H,24,27). The number of nitrogens with zero attached hydrogens (tertiary/aromatic N) is 2. The smallest absolute Gasteiger partial charge is 0.224 e. The molecule has 2 unspecified atom stereocenters. The second kappa shape index (κ2) is 11.1. The molecule has 29 heavy (non-hydrogen) atoms. The van der Waals surface area contributed by atoms with Crippen LogP contribution in [0.5, 0.6) is 0 Å². The van der Waals surface area contributed by atoms with Crippen LogP contribution in [0.25, 0.3) is 0 Å². The zero-order valence-electron chi connectivity index (χ0n) is 17.0. The molecule has 1 aromatic rings. The molecule has 0 aromatic heterocycles. The number of amides is 1. The van der Waals surface area contributed by atoms with Crippen LogP contribution in [0.3, 0.4) is 0 Å². The number of rotatable bonds is 7. The van der Waals surface area contributed by atoms with Crippen LogP contribution in [0.15, 0.2) is 29.3 Å². The van der Waals surface area contributed by atoms with Crippen LogP contribution in [-0.2, 0) is 20.7 Å². The van der Waals surface area contributed by atoms with E-state index in [0.29, 0.717) is 19.7 Å². The highest BCUT2D eigenvalue weighted by Gasteiger charge is 2.32. The predicted octanol–water partition coefficient (Wildman–Crippen LogP) is 1.33. The highest BCUT2D eigenvalue weighted by Crippen LogP contribution is 2.21. The molecule has 0 bridgehead atoms. The fraction of sp³-hybridized carbons (Fsp3) is 0.619. The van der Waals surface area contributed by atoms with Crippen LogP contribution in [-0.4, -0.2) is 74.9 Å². The highest BCUT2D eigenvalue weighted by molar-refractivity contribution is 5.80. The van der Waals surface area contributed by atoms with E-state index in [2.05, 4.69) is 20.5 Å². The molecule has 1 amide bonds. The van der Waals surface area contributed by atoms with Gasteiger partial charge >= 0.3 is 0 Å². The van der Waals surface area contributed by atoms with Crippen LogP contribution in [0, 0.1) is 5.82 Å². The first kappa shape index (κ1) is 21.5. The van der Waals surface area contributed by atoms with Crippen LogP contribution < -0.4 is 10.6 Å². The molecule has 2 fully saturated rings. The van der Waals surface area contributed by atoms with Crippen molar-refractivity contribution in [3.8, 4) is 0 Å². The number of aliphatic imine (C=N–C) groups is 1. The number of ether oxygens (including phenoxy) is 2. The number of benzene rings is 1. The van der Waals surface area contributed by atoms with Gasteiger partial charge in [-0.25, -0.2) is 4.39 Å². The number of carbonyl (C=O) groups is 1. The molecule has 3 rings (SSSR count). The number of nitrogens with one attached hydrogen (secondary N) is 2. The van der Waals surface area contributed by atoms with Gasteiger partial charge in [-0.3, -0.25) is 9.79 Å². The van der Waals surface area contributed by atoms with Gasteiger partial charge in [-0.15, -0.1) is 0 Å². The molecule has 2 saturated heterocycles. The Hall–Kier alpha value is -2.19. The zero-order chi connectivity index (χ0) is 20.5. The number of guanidine groups is 1. The number of morpholine rings is 1. The van der Waals surface area contributed by atoms with Crippen LogP contribution in [0.4, 0.5) is 4.39 Å². The summed E-state index contributed by atoms with van der Waals surface area (Å²) < 4.78 is 24.6. The van der Waals surface area contributed by atoms with Gasteiger partial charge in [-0.05, 0) is 37.5 Å². The second-order valence-electron chi connectivity index (χ2n) is 7.30. The summed E-state index contributed by atoms with van der Waals surface area (Å²) in [5, 5.41) is 6.20. The summed E-state index contributed by atoms with van der Waals surface area (Å²) in [6.07, 6.45) is 2.62. The van der Waals surface area contributed by atoms with Gasteiger partial charge < -0.3 is 25.0 Å². The number of hydrogen-bond acceptors (Lipinski definition) is 4. The molecule has 0 radical (unpaired) electrons. The van der Waals surface area contributed by atoms with E-state index in [1.807, 2.05) is 6.92 Å². The van der Waals surface area contributed by atoms with Crippen molar-refractivity contribution in [3.63, 3.8) is 0 Å². The normalized spacial score (nSPS) is 22.6. The Balaban J connectivity index is 1.45. The second-order valence-corrected chi connectivity index (χ2v) is 7.30. The van der Waals surface area contributed by atoms with E-state index in [4.69, 9.17) is 9.47 Å². The fourth-order valence-corrected chi connectivity index (χ4v) is 3.62. The SMILES string of the molecule is CCNC(=NCCNC(=O)Cc1ccc(F)cc1)N1CCOC(C2CCCO2)C1. The molecule has 7 nitrogen and oxygen atoms in total. The van der Waals surface area contributed by atoms with Gasteiger partial charge in [-0.2, -0.15) is 0 Å². The minimum Gasteiger partial charge on any atom is -0.375 e. The molecular formula is C21H31FN4O3. The minimum absolute atomic E-state index is 0.0746. The van der Waals surface area contributed by atoms with Gasteiger partial charge in [-0.1, -0.05) is 12.1 Å². The van der Waals surface area contributed by atoms with Crippen molar-refractivity contribution in [2.75, 3.05) is 45.9 Å². The Morgan fingerprint density at radius 2 is 2.00 bits per heavy atom. The Bertz CT molecular complexity index is 677. The summed E-state index contributed by atoms with van der Waals surface area (Å²) in [6, 6.07) is 5.97. The maximum Gasteiger partial charge on any atom is 0.224 e. The minimum atomic E-state index is -0.302. The zero-order valence-corrected chi connectivity index (χ0v) is 17.0. The molecule has 2 atom stereocenters. The van der Waals surface area contributed by atoms with Gasteiger partial charge in [0.2, 0.25) is 5.91 Å². The van der Waals surface area contributed by atoms with Gasteiger partial charge in [0, 0.05) is 32.8 Å². The van der Waals surface area contributed by atoms with Crippen LogP contribution >= 0.6 is 0 Å². The van der Waals surface area contributed by atoms with E-state index in [1.165, 1.54) is 12.1 Å². The van der Waals surface area contributed by atoms with Crippen molar-refractivity contribution in [3.05, 3.63) is 35.6 Å². The summed E-state index contributed by atoms with van der Waals surface area (Å²) >= 11 is 0. The topological polar surface area (TPSA) is 75.2 Å². The van der Waals surface area contributed by atoms with Crippen molar-refractivity contribution in [2.24, 2.45) is 4.99 Å². The molecular weight excluding hydrogens is 375 g/mol. The summed E-state index contributed by atoms with van der Waals surface area (Å²) in [6.45, 7) is 6.77. The first-order chi connectivity index (χ1) is 14.2. The lowest BCUT2D eigenvalue weighted by atomic mass is 10.1. The third kappa shape index (κ3) is 6.68. The van der Waals surface area contributed by atoms with E-state index >= 15 is 0 Å². The van der Waals surface area contributed by atoms with Crippen molar-refractivity contribution >= 4 is 11.9 Å². The molecule has 2 N–H and O–H groups in total. The van der Waals surface area contributed by atoms with E-state index in [0.717, 1.165) is 50.6 Å². The lowest BCUT2D eigenvalue weighted by molar-refractivity contribution is -0.120. The fourth-order valence-electron chi connectivity index (χ4n) is 3.62. The average molecular weight is 407 g/mol. The average Bonchev–Trinajstić information content (AvgIpc) is 3.27. The maximum absolute atomic E-state index is 12.9. The number of halogens is 1. The van der Waals surface area contributed by atoms with E-state index in [-0.39, 0.29) is 30.4 Å². The third-order valence-electron chi connectivity index (χ3n) is 5.08. The Labute approximate surface area is 171 Å². The molecule has 2 aliphatic rings. The number of carbonyl (C=O) groups excluding carboxylic acids is 1. The molecule has 8 heteroatoms. The summed E-state index contributed by atoms with van der Waals surface area (Å²) in [4.78, 5) is 18.9. The van der Waals surface area contributed by atoms with Gasteiger partial charge in [0.15, 0.2) is 5.96 Å². The molecule has 160 valence electrons. The van der Waals surface area contributed by atoms with Crippen molar-refractivity contribution in [1.82, 2.24) is 15.5 Å². The van der Waals surface area contributed by atoms with E-state index in [9.17, 15) is 9.18 Å². The molecule has 2 aliphatic heterocycles. The quantitative estimate of drug-likeness (QED) is 0.406. The monoisotopic (exact) mass is 406 g/mol. The van der Waals surface area contributed by atoms with Gasteiger partial charge in [0.25, 0.3) is 0 Å². The first-order valence-electron chi connectivity index (χ1n) is 10.4. The predicted molar refractivity (Wildman–Crippen MR) is 109 cm³/mol. The van der Waals surface area contributed by atoms with Crippen molar-refractivity contribution in [1.29, 1.82) is 0 Å². The number of hydrogen-bond donors (Lipinski definition) is 2. The van der Waals surface area contributed by atoms with Gasteiger partial charge in [0.05, 0.1) is 25.7 Å². The summed E-state index contributed by atoms with van der Waals surface area (Å²) in [7, 11) is 0. The van der Waals surface area contributed by atoms with Crippen LogP contribution in [0.2, 0.25) is 0 Å². The largest absolute Gasteiger partial charge is 0.375 e. The molecule has 2 heterocycles. The maximum atomic E-state index is 12.9. The van der Waals surface area contributed by atoms with E-state index < -0.39 is 0 Å². The molecule has 0 saturated carbocycles. The molecule has 0 aliphatic carbocycles. The van der Waals surface area contributed by atoms with Crippen LogP contribution in [0.1, 0.15) is 25.3 Å². The third-order valence-corrected chi connectivity index (χ3v) is 5.08. The summed E-state index contributed by atoms with van der Waals surface area (Å²) in [5.41, 5.74) is 0.786. The molecule has 1 aromatic carbocycles. The first-order valence-corrected chi connectivity index (χ1v) is 10.4. The Morgan fingerprint density at radius 1 is 1.21 bits per heavy atom.